The largest absolute Gasteiger partial charge is 0.496 e. The van der Waals surface area contributed by atoms with Crippen LogP contribution in [0.5, 0.6) is 5.75 Å². The van der Waals surface area contributed by atoms with E-state index in [1.54, 1.807) is 7.11 Å². The van der Waals surface area contributed by atoms with Crippen LogP contribution in [0.15, 0.2) is 54.7 Å². The number of carbonyl (C=O) groups excluding carboxylic acids is 1. The Morgan fingerprint density at radius 2 is 1.88 bits per heavy atom. The number of ether oxygens (including phenoxy) is 1. The van der Waals surface area contributed by atoms with Gasteiger partial charge in [-0.25, -0.2) is 15.8 Å². The monoisotopic (exact) mass is 349 g/mol. The third-order valence-corrected chi connectivity index (χ3v) is 4.40. The molecule has 1 fully saturated rings. The van der Waals surface area contributed by atoms with E-state index in [-0.39, 0.29) is 18.1 Å². The Kier molecular flexibility index (Phi) is 4.47. The van der Waals surface area contributed by atoms with Gasteiger partial charge in [0.15, 0.2) is 0 Å². The minimum atomic E-state index is -0.261. The molecular formula is C19H19N5O2. The zero-order valence-electron chi connectivity index (χ0n) is 14.3. The molecule has 132 valence electrons. The number of hydrogen-bond donors (Lipinski definition) is 3. The van der Waals surface area contributed by atoms with Gasteiger partial charge in [0.2, 0.25) is 0 Å². The number of nitrogens with zero attached hydrogens (tertiary/aromatic N) is 2. The van der Waals surface area contributed by atoms with Gasteiger partial charge in [0, 0.05) is 12.0 Å². The van der Waals surface area contributed by atoms with Gasteiger partial charge in [-0.3, -0.25) is 9.78 Å². The molecule has 3 N–H and O–H groups in total. The third kappa shape index (κ3) is 3.22. The second-order valence-electron chi connectivity index (χ2n) is 6.09. The number of fused-ring (bicyclic) bond motifs is 1. The molecule has 1 aliphatic rings. The molecule has 3 aromatic rings. The summed E-state index contributed by atoms with van der Waals surface area (Å²) in [6.45, 7) is 0. The van der Waals surface area contributed by atoms with Crippen molar-refractivity contribution in [1.29, 1.82) is 0 Å². The Hall–Kier alpha value is -3.03. The van der Waals surface area contributed by atoms with E-state index in [0.717, 1.165) is 16.8 Å². The van der Waals surface area contributed by atoms with E-state index in [2.05, 4.69) is 26.1 Å². The fourth-order valence-electron chi connectivity index (χ4n) is 3.11. The van der Waals surface area contributed by atoms with Gasteiger partial charge in [-0.05, 0) is 18.2 Å². The van der Waals surface area contributed by atoms with Crippen LogP contribution in [0.4, 0.5) is 0 Å². The minimum absolute atomic E-state index is 0.0409. The predicted octanol–water partition coefficient (Wildman–Crippen LogP) is 1.93. The van der Waals surface area contributed by atoms with Crippen molar-refractivity contribution in [2.75, 3.05) is 7.11 Å². The summed E-state index contributed by atoms with van der Waals surface area (Å²) in [5.74, 6) is 0.558. The van der Waals surface area contributed by atoms with Crippen LogP contribution in [0.1, 0.15) is 28.5 Å². The Morgan fingerprint density at radius 1 is 1.12 bits per heavy atom. The summed E-state index contributed by atoms with van der Waals surface area (Å²) in [5, 5.41) is 2.94. The Morgan fingerprint density at radius 3 is 2.73 bits per heavy atom. The molecule has 2 unspecified atom stereocenters. The maximum Gasteiger partial charge on any atom is 0.272 e. The van der Waals surface area contributed by atoms with E-state index in [1.807, 2.05) is 48.5 Å². The molecule has 7 nitrogen and oxygen atoms in total. The van der Waals surface area contributed by atoms with Crippen molar-refractivity contribution in [2.45, 2.75) is 18.6 Å². The van der Waals surface area contributed by atoms with Crippen molar-refractivity contribution >= 4 is 16.9 Å². The van der Waals surface area contributed by atoms with Crippen molar-refractivity contribution in [1.82, 2.24) is 26.1 Å². The molecule has 2 aromatic carbocycles. The fourth-order valence-corrected chi connectivity index (χ4v) is 3.11. The van der Waals surface area contributed by atoms with Gasteiger partial charge in [0.1, 0.15) is 11.4 Å². The number of nitrogens with one attached hydrogen (secondary N) is 3. The number of carbonyl (C=O) groups is 1. The van der Waals surface area contributed by atoms with Crippen LogP contribution in [0.25, 0.3) is 11.0 Å². The van der Waals surface area contributed by atoms with Gasteiger partial charge in [-0.15, -0.1) is 0 Å². The van der Waals surface area contributed by atoms with Gasteiger partial charge in [0.05, 0.1) is 36.5 Å². The molecule has 1 saturated heterocycles. The van der Waals surface area contributed by atoms with Crippen LogP contribution in [0.2, 0.25) is 0 Å². The Bertz CT molecular complexity index is 946. The van der Waals surface area contributed by atoms with Gasteiger partial charge < -0.3 is 10.1 Å². The van der Waals surface area contributed by atoms with E-state index in [1.165, 1.54) is 6.20 Å². The van der Waals surface area contributed by atoms with Gasteiger partial charge in [-0.1, -0.05) is 30.3 Å². The molecular weight excluding hydrogens is 330 g/mol. The lowest BCUT2D eigenvalue weighted by molar-refractivity contribution is 0.0927. The molecule has 1 aromatic heterocycles. The molecule has 7 heteroatoms. The topological polar surface area (TPSA) is 88.2 Å². The SMILES string of the molecule is COc1ccccc1C1CC(NC(=O)c2cnc3ccccc3n2)NN1. The van der Waals surface area contributed by atoms with Gasteiger partial charge in [-0.2, -0.15) is 0 Å². The smallest absolute Gasteiger partial charge is 0.272 e. The van der Waals surface area contributed by atoms with E-state index >= 15 is 0 Å². The maximum absolute atomic E-state index is 12.5. The highest BCUT2D eigenvalue weighted by molar-refractivity contribution is 5.93. The summed E-state index contributed by atoms with van der Waals surface area (Å²) < 4.78 is 5.41. The standard InChI is InChI=1S/C19H19N5O2/c1-26-17-9-5-2-6-12(17)15-10-18(24-23-15)22-19(25)16-11-20-13-7-3-4-8-14(13)21-16/h2-9,11,15,18,23-24H,10H2,1H3,(H,22,25). The second-order valence-corrected chi connectivity index (χ2v) is 6.09. The lowest BCUT2D eigenvalue weighted by atomic mass is 10.0. The predicted molar refractivity (Wildman–Crippen MR) is 97.4 cm³/mol. The summed E-state index contributed by atoms with van der Waals surface area (Å²) in [4.78, 5) is 21.2. The van der Waals surface area contributed by atoms with Crippen molar-refractivity contribution < 1.29 is 9.53 Å². The molecule has 4 rings (SSSR count). The Balaban J connectivity index is 1.45. The van der Waals surface area contributed by atoms with Crippen LogP contribution in [0.3, 0.4) is 0 Å². The normalized spacial score (nSPS) is 19.4. The quantitative estimate of drug-likeness (QED) is 0.667. The van der Waals surface area contributed by atoms with Gasteiger partial charge >= 0.3 is 0 Å². The fraction of sp³-hybridized carbons (Fsp3) is 0.211. The number of hydrazine groups is 1. The number of hydrogen-bond acceptors (Lipinski definition) is 6. The van der Waals surface area contributed by atoms with E-state index < -0.39 is 0 Å². The van der Waals surface area contributed by atoms with Crippen LogP contribution in [-0.2, 0) is 0 Å². The van der Waals surface area contributed by atoms with E-state index in [9.17, 15) is 4.79 Å². The number of benzene rings is 2. The zero-order valence-corrected chi connectivity index (χ0v) is 14.3. The molecule has 2 heterocycles. The number of amides is 1. The third-order valence-electron chi connectivity index (χ3n) is 4.40. The molecule has 26 heavy (non-hydrogen) atoms. The van der Waals surface area contributed by atoms with Crippen LogP contribution in [0, 0.1) is 0 Å². The summed E-state index contributed by atoms with van der Waals surface area (Å²) >= 11 is 0. The molecule has 0 saturated carbocycles. The summed E-state index contributed by atoms with van der Waals surface area (Å²) in [6.07, 6.45) is 1.97. The average Bonchev–Trinajstić information content (AvgIpc) is 3.15. The molecule has 2 atom stereocenters. The number of aromatic nitrogens is 2. The number of methoxy groups -OCH3 is 1. The highest BCUT2D eigenvalue weighted by Crippen LogP contribution is 2.29. The number of para-hydroxylation sites is 3. The molecule has 0 bridgehead atoms. The molecule has 0 radical (unpaired) electrons. The zero-order chi connectivity index (χ0) is 17.9. The molecule has 1 aliphatic heterocycles. The summed E-state index contributed by atoms with van der Waals surface area (Å²) in [5.41, 5.74) is 9.12. The number of rotatable bonds is 4. The van der Waals surface area contributed by atoms with Crippen LogP contribution < -0.4 is 20.9 Å². The second kappa shape index (κ2) is 7.07. The Labute approximate surface area is 150 Å². The first-order valence-electron chi connectivity index (χ1n) is 8.41. The van der Waals surface area contributed by atoms with Crippen LogP contribution in [-0.4, -0.2) is 29.2 Å². The maximum atomic E-state index is 12.5. The lowest BCUT2D eigenvalue weighted by Gasteiger charge is -2.14. The highest BCUT2D eigenvalue weighted by Gasteiger charge is 2.28. The van der Waals surface area contributed by atoms with E-state index in [4.69, 9.17) is 4.74 Å². The highest BCUT2D eigenvalue weighted by atomic mass is 16.5. The van der Waals surface area contributed by atoms with Crippen molar-refractivity contribution in [3.05, 3.63) is 66.0 Å². The first-order chi connectivity index (χ1) is 12.7. The first kappa shape index (κ1) is 16.4. The van der Waals surface area contributed by atoms with Crippen molar-refractivity contribution in [2.24, 2.45) is 0 Å². The first-order valence-corrected chi connectivity index (χ1v) is 8.41. The van der Waals surface area contributed by atoms with Crippen LogP contribution >= 0.6 is 0 Å². The summed E-state index contributed by atoms with van der Waals surface area (Å²) in [6, 6.07) is 15.3. The lowest BCUT2D eigenvalue weighted by Crippen LogP contribution is -2.44. The van der Waals surface area contributed by atoms with Gasteiger partial charge in [0.25, 0.3) is 5.91 Å². The minimum Gasteiger partial charge on any atom is -0.496 e. The average molecular weight is 349 g/mol. The molecule has 0 spiro atoms. The van der Waals surface area contributed by atoms with Crippen molar-refractivity contribution in [3.8, 4) is 5.75 Å². The van der Waals surface area contributed by atoms with E-state index in [0.29, 0.717) is 17.6 Å². The van der Waals surface area contributed by atoms with Crippen molar-refractivity contribution in [3.63, 3.8) is 0 Å². The molecule has 0 aliphatic carbocycles. The summed E-state index contributed by atoms with van der Waals surface area (Å²) in [7, 11) is 1.65. The molecule has 1 amide bonds.